The number of amides is 2. The summed E-state index contributed by atoms with van der Waals surface area (Å²) in [5, 5.41) is 45.6. The molecular formula is C24H24N6O2S2. The van der Waals surface area contributed by atoms with E-state index in [-0.39, 0.29) is 11.8 Å². The van der Waals surface area contributed by atoms with Gasteiger partial charge in [0.1, 0.15) is 11.8 Å². The number of rotatable bonds is 5. The van der Waals surface area contributed by atoms with E-state index in [1.54, 1.807) is 0 Å². The van der Waals surface area contributed by atoms with Crippen molar-refractivity contribution in [1.29, 1.82) is 21.0 Å². The van der Waals surface area contributed by atoms with E-state index in [0.29, 0.717) is 58.4 Å². The highest BCUT2D eigenvalue weighted by Crippen LogP contribution is 2.54. The van der Waals surface area contributed by atoms with Gasteiger partial charge in [0.25, 0.3) is 0 Å². The molecule has 2 saturated carbocycles. The zero-order valence-electron chi connectivity index (χ0n) is 18.6. The minimum Gasteiger partial charge on any atom is -0.319 e. The number of carbonyl (C=O) groups is 2. The van der Waals surface area contributed by atoms with Gasteiger partial charge >= 0.3 is 0 Å². The number of allylic oxidation sites excluding steroid dienone is 2. The van der Waals surface area contributed by atoms with Gasteiger partial charge in [-0.05, 0) is 25.7 Å². The molecule has 0 radical (unpaired) electrons. The molecule has 4 aliphatic rings. The molecule has 4 rings (SSSR count). The normalized spacial score (nSPS) is 27.1. The Bertz CT molecular complexity index is 1040. The van der Waals surface area contributed by atoms with Gasteiger partial charge in [0.05, 0.1) is 45.5 Å². The summed E-state index contributed by atoms with van der Waals surface area (Å²) in [6.07, 6.45) is 6.20. The summed E-state index contributed by atoms with van der Waals surface area (Å²) in [4.78, 5) is 25.3. The molecule has 2 N–H and O–H groups in total. The number of thioether (sulfide) groups is 2. The van der Waals surface area contributed by atoms with Crippen LogP contribution in [0.3, 0.4) is 0 Å². The first-order valence-corrected chi connectivity index (χ1v) is 13.4. The van der Waals surface area contributed by atoms with Gasteiger partial charge in [-0.15, -0.1) is 23.5 Å². The first-order chi connectivity index (χ1) is 16.5. The largest absolute Gasteiger partial charge is 0.319 e. The average Bonchev–Trinajstić information content (AvgIpc) is 3.49. The van der Waals surface area contributed by atoms with E-state index in [1.807, 2.05) is 0 Å². The Balaban J connectivity index is 1.51. The number of hydrogen-bond acceptors (Lipinski definition) is 8. The molecule has 174 valence electrons. The SMILES string of the molecule is N#CC1=C(SCCSC2=C(C#N)C3(CCCC3)C(C#N)C(=O)N2)NC(=O)C(C#N)C12CCCC2. The smallest absolute Gasteiger partial charge is 0.243 e. The van der Waals surface area contributed by atoms with E-state index >= 15 is 0 Å². The third-order valence-corrected chi connectivity index (χ3v) is 9.87. The minimum atomic E-state index is -0.847. The zero-order valence-corrected chi connectivity index (χ0v) is 20.3. The molecular weight excluding hydrogens is 468 g/mol. The van der Waals surface area contributed by atoms with Gasteiger partial charge < -0.3 is 10.6 Å². The fourth-order valence-corrected chi connectivity index (χ4v) is 8.22. The van der Waals surface area contributed by atoms with Crippen LogP contribution in [0, 0.1) is 68.0 Å². The molecule has 34 heavy (non-hydrogen) atoms. The summed E-state index contributed by atoms with van der Waals surface area (Å²) in [7, 11) is 0. The third kappa shape index (κ3) is 3.76. The van der Waals surface area contributed by atoms with Crippen LogP contribution >= 0.6 is 23.5 Å². The Morgan fingerprint density at radius 2 is 1.06 bits per heavy atom. The van der Waals surface area contributed by atoms with Crippen molar-refractivity contribution in [3.63, 3.8) is 0 Å². The quantitative estimate of drug-likeness (QED) is 0.552. The van der Waals surface area contributed by atoms with E-state index < -0.39 is 22.7 Å². The third-order valence-electron chi connectivity index (χ3n) is 7.60. The summed E-state index contributed by atoms with van der Waals surface area (Å²) in [6.45, 7) is 0. The maximum Gasteiger partial charge on any atom is 0.243 e. The molecule has 2 aliphatic carbocycles. The average molecular weight is 493 g/mol. The molecule has 0 aromatic heterocycles. The van der Waals surface area contributed by atoms with Crippen molar-refractivity contribution >= 4 is 35.3 Å². The maximum atomic E-state index is 12.6. The fraction of sp³-hybridized carbons (Fsp3) is 0.583. The van der Waals surface area contributed by atoms with Gasteiger partial charge in [-0.2, -0.15) is 21.0 Å². The lowest BCUT2D eigenvalue weighted by Crippen LogP contribution is -2.46. The van der Waals surface area contributed by atoms with Crippen LogP contribution in [0.25, 0.3) is 0 Å². The number of hydrogen-bond donors (Lipinski definition) is 2. The standard InChI is InChI=1S/C24H24N6O2S2/c25-11-15-19(31)29-21(17(13-27)23(15)5-1-2-6-23)33-9-10-34-22-18(14-28)24(7-3-4-8-24)16(12-26)20(32)30-22/h15-16H,1-10H2,(H,29,31)(H,30,32). The molecule has 2 aliphatic heterocycles. The highest BCUT2D eigenvalue weighted by molar-refractivity contribution is 8.06. The molecule has 8 nitrogen and oxygen atoms in total. The van der Waals surface area contributed by atoms with Crippen molar-refractivity contribution in [2.45, 2.75) is 51.4 Å². The topological polar surface area (TPSA) is 153 Å². The van der Waals surface area contributed by atoms with Crippen molar-refractivity contribution in [3.8, 4) is 24.3 Å². The summed E-state index contributed by atoms with van der Waals surface area (Å²) >= 11 is 2.72. The number of nitrogens with zero attached hydrogens (tertiary/aromatic N) is 4. The van der Waals surface area contributed by atoms with Gasteiger partial charge in [0, 0.05) is 22.3 Å². The van der Waals surface area contributed by atoms with E-state index in [9.17, 15) is 30.6 Å². The summed E-state index contributed by atoms with van der Waals surface area (Å²) in [5.74, 6) is -1.33. The molecule has 0 aromatic carbocycles. The minimum absolute atomic E-state index is 0.349. The summed E-state index contributed by atoms with van der Waals surface area (Å²) in [6, 6.07) is 8.79. The van der Waals surface area contributed by atoms with E-state index in [0.717, 1.165) is 25.7 Å². The molecule has 0 bridgehead atoms. The van der Waals surface area contributed by atoms with Crippen LogP contribution in [0.5, 0.6) is 0 Å². The van der Waals surface area contributed by atoms with Crippen LogP contribution in [-0.2, 0) is 9.59 Å². The van der Waals surface area contributed by atoms with Crippen molar-refractivity contribution in [3.05, 3.63) is 21.2 Å². The first kappa shape index (κ1) is 24.2. The van der Waals surface area contributed by atoms with Gasteiger partial charge in [-0.3, -0.25) is 9.59 Å². The molecule has 0 saturated heterocycles. The molecule has 2 atom stereocenters. The summed E-state index contributed by atoms with van der Waals surface area (Å²) < 4.78 is 0. The van der Waals surface area contributed by atoms with Crippen LogP contribution in [0.1, 0.15) is 51.4 Å². The van der Waals surface area contributed by atoms with Crippen LogP contribution in [0.15, 0.2) is 21.2 Å². The van der Waals surface area contributed by atoms with Gasteiger partial charge in [-0.1, -0.05) is 25.7 Å². The Morgan fingerprint density at radius 1 is 0.706 bits per heavy atom. The van der Waals surface area contributed by atoms with Gasteiger partial charge in [0.2, 0.25) is 11.8 Å². The molecule has 2 spiro atoms. The molecule has 2 amide bonds. The number of nitriles is 4. The summed E-state index contributed by atoms with van der Waals surface area (Å²) in [5.41, 5.74) is -0.404. The first-order valence-electron chi connectivity index (χ1n) is 11.4. The number of carbonyl (C=O) groups excluding carboxylic acids is 2. The maximum absolute atomic E-state index is 12.6. The Labute approximate surface area is 207 Å². The second-order valence-electron chi connectivity index (χ2n) is 9.16. The Morgan fingerprint density at radius 3 is 1.35 bits per heavy atom. The molecule has 2 fully saturated rings. The lowest BCUT2D eigenvalue weighted by atomic mass is 9.67. The predicted molar refractivity (Wildman–Crippen MR) is 126 cm³/mol. The predicted octanol–water partition coefficient (Wildman–Crippen LogP) is 3.58. The van der Waals surface area contributed by atoms with Crippen LogP contribution in [-0.4, -0.2) is 23.3 Å². The fourth-order valence-electron chi connectivity index (χ4n) is 6.02. The molecule has 0 aromatic rings. The van der Waals surface area contributed by atoms with Crippen molar-refractivity contribution in [2.24, 2.45) is 22.7 Å². The lowest BCUT2D eigenvalue weighted by Gasteiger charge is -2.38. The van der Waals surface area contributed by atoms with Crippen LogP contribution in [0.4, 0.5) is 0 Å². The van der Waals surface area contributed by atoms with Crippen molar-refractivity contribution in [2.75, 3.05) is 11.5 Å². The van der Waals surface area contributed by atoms with E-state index in [2.05, 4.69) is 34.9 Å². The monoisotopic (exact) mass is 492 g/mol. The van der Waals surface area contributed by atoms with Crippen LogP contribution < -0.4 is 10.6 Å². The van der Waals surface area contributed by atoms with Crippen molar-refractivity contribution in [1.82, 2.24) is 10.6 Å². The van der Waals surface area contributed by atoms with E-state index in [4.69, 9.17) is 0 Å². The molecule has 2 heterocycles. The zero-order chi connectivity index (χ0) is 24.3. The Hall–Kier alpha value is -2.92. The lowest BCUT2D eigenvalue weighted by molar-refractivity contribution is -0.126. The molecule has 10 heteroatoms. The number of nitrogens with one attached hydrogen (secondary N) is 2. The van der Waals surface area contributed by atoms with Gasteiger partial charge in [-0.25, -0.2) is 0 Å². The second kappa shape index (κ2) is 9.75. The van der Waals surface area contributed by atoms with Crippen LogP contribution in [0.2, 0.25) is 0 Å². The van der Waals surface area contributed by atoms with Crippen molar-refractivity contribution < 1.29 is 9.59 Å². The highest BCUT2D eigenvalue weighted by Gasteiger charge is 2.53. The van der Waals surface area contributed by atoms with E-state index in [1.165, 1.54) is 23.5 Å². The Kier molecular flexibility index (Phi) is 6.94. The second-order valence-corrected chi connectivity index (χ2v) is 11.4. The molecule has 2 unspecified atom stereocenters. The highest BCUT2D eigenvalue weighted by atomic mass is 32.2. The van der Waals surface area contributed by atoms with Gasteiger partial charge in [0.15, 0.2) is 0 Å².